The highest BCUT2D eigenvalue weighted by atomic mass is 16.5. The lowest BCUT2D eigenvalue weighted by molar-refractivity contribution is -0.114. The van der Waals surface area contributed by atoms with Gasteiger partial charge in [-0.2, -0.15) is 0 Å². The first kappa shape index (κ1) is 24.9. The van der Waals surface area contributed by atoms with Gasteiger partial charge in [0.2, 0.25) is 5.91 Å². The van der Waals surface area contributed by atoms with Crippen molar-refractivity contribution < 1.29 is 19.1 Å². The number of methoxy groups -OCH3 is 1. The fraction of sp³-hybridized carbons (Fsp3) is 0.400. The van der Waals surface area contributed by atoms with Crippen molar-refractivity contribution in [2.45, 2.75) is 20.8 Å². The van der Waals surface area contributed by atoms with Crippen LogP contribution in [-0.2, 0) is 4.79 Å². The number of carbonyl (C=O) groups is 3. The largest absolute Gasteiger partial charge is 0.497 e. The van der Waals surface area contributed by atoms with Crippen LogP contribution in [-0.4, -0.2) is 74.0 Å². The SMILES string of the molecule is CCN(CC)C(=O)c1cc(NC(C)=O)ccc1N1CCN(C(=O)Nc2ccc(OC)cc2)CC1. The maximum atomic E-state index is 13.2. The van der Waals surface area contributed by atoms with Gasteiger partial charge in [0.25, 0.3) is 5.91 Å². The van der Waals surface area contributed by atoms with Crippen LogP contribution in [0.1, 0.15) is 31.1 Å². The van der Waals surface area contributed by atoms with Crippen molar-refractivity contribution in [3.8, 4) is 5.75 Å². The standard InChI is InChI=1S/C25H33N5O4/c1-5-28(6-2)24(32)22-17-20(26-18(3)31)9-12-23(22)29-13-15-30(16-14-29)25(33)27-19-7-10-21(34-4)11-8-19/h7-12,17H,5-6,13-16H2,1-4H3,(H,26,31)(H,27,33). The zero-order chi connectivity index (χ0) is 24.7. The van der Waals surface area contributed by atoms with Crippen LogP contribution in [0.4, 0.5) is 21.9 Å². The Morgan fingerprint density at radius 1 is 0.912 bits per heavy atom. The number of urea groups is 1. The predicted octanol–water partition coefficient (Wildman–Crippen LogP) is 3.49. The number of hydrogen-bond donors (Lipinski definition) is 2. The molecular formula is C25H33N5O4. The maximum absolute atomic E-state index is 13.2. The Balaban J connectivity index is 1.72. The number of rotatable bonds is 7. The van der Waals surface area contributed by atoms with Gasteiger partial charge in [-0.15, -0.1) is 0 Å². The molecule has 0 saturated carbocycles. The van der Waals surface area contributed by atoms with E-state index in [1.165, 1.54) is 6.92 Å². The van der Waals surface area contributed by atoms with Crippen LogP contribution in [0.25, 0.3) is 0 Å². The molecule has 1 saturated heterocycles. The van der Waals surface area contributed by atoms with E-state index in [1.807, 2.05) is 19.9 Å². The fourth-order valence-corrected chi connectivity index (χ4v) is 3.97. The Kier molecular flexibility index (Phi) is 8.34. The van der Waals surface area contributed by atoms with Crippen molar-refractivity contribution in [3.05, 3.63) is 48.0 Å². The minimum Gasteiger partial charge on any atom is -0.497 e. The molecule has 0 unspecified atom stereocenters. The van der Waals surface area contributed by atoms with E-state index in [2.05, 4.69) is 15.5 Å². The van der Waals surface area contributed by atoms with Crippen LogP contribution < -0.4 is 20.3 Å². The van der Waals surface area contributed by atoms with E-state index >= 15 is 0 Å². The van der Waals surface area contributed by atoms with E-state index in [-0.39, 0.29) is 17.8 Å². The third-order valence-electron chi connectivity index (χ3n) is 5.85. The highest BCUT2D eigenvalue weighted by Gasteiger charge is 2.26. The number of ether oxygens (including phenoxy) is 1. The molecule has 182 valence electrons. The molecule has 0 aliphatic carbocycles. The topological polar surface area (TPSA) is 94.2 Å². The van der Waals surface area contributed by atoms with Gasteiger partial charge in [-0.3, -0.25) is 9.59 Å². The molecule has 2 aromatic carbocycles. The molecule has 4 amide bonds. The number of benzene rings is 2. The van der Waals surface area contributed by atoms with Gasteiger partial charge >= 0.3 is 6.03 Å². The Hall–Kier alpha value is -3.75. The average molecular weight is 468 g/mol. The van der Waals surface area contributed by atoms with Crippen molar-refractivity contribution >= 4 is 34.9 Å². The van der Waals surface area contributed by atoms with Crippen molar-refractivity contribution in [1.82, 2.24) is 9.80 Å². The third-order valence-corrected chi connectivity index (χ3v) is 5.85. The van der Waals surface area contributed by atoms with Crippen LogP contribution in [0.15, 0.2) is 42.5 Å². The molecule has 0 spiro atoms. The Morgan fingerprint density at radius 3 is 2.09 bits per heavy atom. The fourth-order valence-electron chi connectivity index (χ4n) is 3.97. The summed E-state index contributed by atoms with van der Waals surface area (Å²) in [7, 11) is 1.60. The van der Waals surface area contributed by atoms with Crippen molar-refractivity contribution in [2.24, 2.45) is 0 Å². The third kappa shape index (κ3) is 5.98. The van der Waals surface area contributed by atoms with E-state index in [9.17, 15) is 14.4 Å². The molecule has 9 nitrogen and oxygen atoms in total. The number of amides is 4. The van der Waals surface area contributed by atoms with Gasteiger partial charge in [-0.05, 0) is 56.3 Å². The van der Waals surface area contributed by atoms with Crippen molar-refractivity contribution in [3.63, 3.8) is 0 Å². The first-order valence-electron chi connectivity index (χ1n) is 11.5. The van der Waals surface area contributed by atoms with Crippen LogP contribution >= 0.6 is 0 Å². The number of nitrogens with one attached hydrogen (secondary N) is 2. The second-order valence-electron chi connectivity index (χ2n) is 8.02. The van der Waals surface area contributed by atoms with E-state index < -0.39 is 0 Å². The van der Waals surface area contributed by atoms with Crippen LogP contribution in [0.2, 0.25) is 0 Å². The number of hydrogen-bond acceptors (Lipinski definition) is 5. The molecule has 1 heterocycles. The van der Waals surface area contributed by atoms with Gasteiger partial charge < -0.3 is 30.1 Å². The summed E-state index contributed by atoms with van der Waals surface area (Å²) < 4.78 is 5.15. The van der Waals surface area contributed by atoms with Crippen molar-refractivity contribution in [2.75, 3.05) is 61.9 Å². The second-order valence-corrected chi connectivity index (χ2v) is 8.02. The van der Waals surface area contributed by atoms with E-state index in [1.54, 1.807) is 53.3 Å². The van der Waals surface area contributed by atoms with E-state index in [0.29, 0.717) is 56.2 Å². The maximum Gasteiger partial charge on any atom is 0.321 e. The smallest absolute Gasteiger partial charge is 0.321 e. The molecule has 0 bridgehead atoms. The zero-order valence-corrected chi connectivity index (χ0v) is 20.3. The summed E-state index contributed by atoms with van der Waals surface area (Å²) >= 11 is 0. The number of nitrogens with zero attached hydrogens (tertiary/aromatic N) is 3. The lowest BCUT2D eigenvalue weighted by atomic mass is 10.1. The molecule has 2 N–H and O–H groups in total. The van der Waals surface area contributed by atoms with Gasteiger partial charge in [0.1, 0.15) is 5.75 Å². The summed E-state index contributed by atoms with van der Waals surface area (Å²) in [5, 5.41) is 5.68. The van der Waals surface area contributed by atoms with Gasteiger partial charge in [-0.1, -0.05) is 0 Å². The van der Waals surface area contributed by atoms with Gasteiger partial charge in [0.15, 0.2) is 0 Å². The lowest BCUT2D eigenvalue weighted by Crippen LogP contribution is -2.50. The van der Waals surface area contributed by atoms with E-state index in [4.69, 9.17) is 4.74 Å². The van der Waals surface area contributed by atoms with Gasteiger partial charge in [-0.25, -0.2) is 4.79 Å². The number of carbonyl (C=O) groups excluding carboxylic acids is 3. The van der Waals surface area contributed by atoms with Crippen LogP contribution in [0, 0.1) is 0 Å². The number of piperazine rings is 1. The minimum absolute atomic E-state index is 0.0770. The zero-order valence-electron chi connectivity index (χ0n) is 20.3. The second kappa shape index (κ2) is 11.4. The van der Waals surface area contributed by atoms with E-state index in [0.717, 1.165) is 11.4 Å². The molecule has 0 aromatic heterocycles. The van der Waals surface area contributed by atoms with Crippen LogP contribution in [0.3, 0.4) is 0 Å². The predicted molar refractivity (Wildman–Crippen MR) is 134 cm³/mol. The van der Waals surface area contributed by atoms with Crippen LogP contribution in [0.5, 0.6) is 5.75 Å². The summed E-state index contributed by atoms with van der Waals surface area (Å²) in [4.78, 5) is 43.1. The molecule has 9 heteroatoms. The molecule has 1 aliphatic heterocycles. The molecule has 34 heavy (non-hydrogen) atoms. The number of anilines is 3. The minimum atomic E-state index is -0.189. The molecule has 1 fully saturated rings. The molecule has 1 aliphatic rings. The summed E-state index contributed by atoms with van der Waals surface area (Å²) in [6.07, 6.45) is 0. The Labute approximate surface area is 200 Å². The monoisotopic (exact) mass is 467 g/mol. The molecule has 0 radical (unpaired) electrons. The van der Waals surface area contributed by atoms with Gasteiger partial charge in [0, 0.05) is 63.3 Å². The quantitative estimate of drug-likeness (QED) is 0.650. The summed E-state index contributed by atoms with van der Waals surface area (Å²) in [6, 6.07) is 12.4. The summed E-state index contributed by atoms with van der Waals surface area (Å²) in [5.74, 6) is 0.462. The molecule has 2 aromatic rings. The molecule has 0 atom stereocenters. The average Bonchev–Trinajstić information content (AvgIpc) is 2.85. The highest BCUT2D eigenvalue weighted by molar-refractivity contribution is 6.02. The van der Waals surface area contributed by atoms with Gasteiger partial charge in [0.05, 0.1) is 12.7 Å². The lowest BCUT2D eigenvalue weighted by Gasteiger charge is -2.37. The normalized spacial score (nSPS) is 13.3. The van der Waals surface area contributed by atoms with Crippen molar-refractivity contribution in [1.29, 1.82) is 0 Å². The molecular weight excluding hydrogens is 434 g/mol. The first-order chi connectivity index (χ1) is 16.4. The Bertz CT molecular complexity index is 1010. The Morgan fingerprint density at radius 2 is 1.53 bits per heavy atom. The summed E-state index contributed by atoms with van der Waals surface area (Å²) in [6.45, 7) is 8.75. The molecule has 3 rings (SSSR count). The highest BCUT2D eigenvalue weighted by Crippen LogP contribution is 2.27. The first-order valence-corrected chi connectivity index (χ1v) is 11.5. The summed E-state index contributed by atoms with van der Waals surface area (Å²) in [5.41, 5.74) is 2.64.